The summed E-state index contributed by atoms with van der Waals surface area (Å²) < 4.78 is 5.13. The molecular formula is C12H16N2O3. The van der Waals surface area contributed by atoms with Gasteiger partial charge in [0.25, 0.3) is 0 Å². The molecule has 2 atom stereocenters. The van der Waals surface area contributed by atoms with E-state index in [-0.39, 0.29) is 23.6 Å². The first-order valence-electron chi connectivity index (χ1n) is 5.52. The van der Waals surface area contributed by atoms with Crippen LogP contribution in [0.15, 0.2) is 18.2 Å². The predicted octanol–water partition coefficient (Wildman–Crippen LogP) is 0.613. The van der Waals surface area contributed by atoms with Crippen LogP contribution in [0.4, 0.5) is 5.69 Å². The summed E-state index contributed by atoms with van der Waals surface area (Å²) in [5, 5.41) is 12.5. The van der Waals surface area contributed by atoms with Crippen LogP contribution in [0, 0.1) is 12.8 Å². The smallest absolute Gasteiger partial charge is 0.231 e. The number of amides is 1. The molecule has 1 amide bonds. The Hall–Kier alpha value is -1.59. The van der Waals surface area contributed by atoms with Gasteiger partial charge in [0.1, 0.15) is 5.75 Å². The Morgan fingerprint density at radius 1 is 1.53 bits per heavy atom. The van der Waals surface area contributed by atoms with Gasteiger partial charge in [0, 0.05) is 6.04 Å². The van der Waals surface area contributed by atoms with E-state index in [0.29, 0.717) is 18.9 Å². The number of rotatable bonds is 2. The lowest BCUT2D eigenvalue weighted by atomic mass is 10.0. The molecule has 0 radical (unpaired) electrons. The third-order valence-corrected chi connectivity index (χ3v) is 2.96. The highest BCUT2D eigenvalue weighted by Gasteiger charge is 2.31. The predicted molar refractivity (Wildman–Crippen MR) is 63.8 cm³/mol. The zero-order valence-electron chi connectivity index (χ0n) is 9.64. The number of hydrogen-bond donors (Lipinski definition) is 3. The Morgan fingerprint density at radius 2 is 2.29 bits per heavy atom. The normalized spacial score (nSPS) is 23.6. The van der Waals surface area contributed by atoms with Crippen molar-refractivity contribution in [1.29, 1.82) is 0 Å². The number of anilines is 1. The maximum absolute atomic E-state index is 11.9. The molecule has 17 heavy (non-hydrogen) atoms. The van der Waals surface area contributed by atoms with E-state index in [1.165, 1.54) is 0 Å². The third-order valence-electron chi connectivity index (χ3n) is 2.96. The first-order valence-corrected chi connectivity index (χ1v) is 5.52. The molecule has 0 bridgehead atoms. The minimum atomic E-state index is -0.352. The third kappa shape index (κ3) is 2.40. The Balaban J connectivity index is 2.10. The van der Waals surface area contributed by atoms with Gasteiger partial charge in [-0.15, -0.1) is 0 Å². The van der Waals surface area contributed by atoms with Crippen molar-refractivity contribution >= 4 is 11.6 Å². The molecule has 2 unspecified atom stereocenters. The second-order valence-electron chi connectivity index (χ2n) is 4.27. The lowest BCUT2D eigenvalue weighted by molar-refractivity contribution is -0.120. The van der Waals surface area contributed by atoms with Gasteiger partial charge in [0.15, 0.2) is 0 Å². The number of phenolic OH excluding ortho intramolecular Hbond substituents is 1. The van der Waals surface area contributed by atoms with E-state index in [2.05, 4.69) is 5.32 Å². The fourth-order valence-corrected chi connectivity index (χ4v) is 1.83. The van der Waals surface area contributed by atoms with Gasteiger partial charge in [-0.3, -0.25) is 4.79 Å². The molecule has 2 rings (SSSR count). The van der Waals surface area contributed by atoms with Crippen LogP contribution < -0.4 is 11.1 Å². The van der Waals surface area contributed by atoms with Crippen LogP contribution in [-0.2, 0) is 9.53 Å². The first kappa shape index (κ1) is 11.9. The van der Waals surface area contributed by atoms with Crippen LogP contribution in [0.25, 0.3) is 0 Å². The van der Waals surface area contributed by atoms with Crippen molar-refractivity contribution in [2.45, 2.75) is 13.0 Å². The minimum absolute atomic E-state index is 0.0911. The van der Waals surface area contributed by atoms with Gasteiger partial charge in [-0.05, 0) is 18.6 Å². The van der Waals surface area contributed by atoms with Crippen LogP contribution in [0.1, 0.15) is 5.56 Å². The number of carbonyl (C=O) groups is 1. The molecule has 0 aromatic heterocycles. The monoisotopic (exact) mass is 236 g/mol. The van der Waals surface area contributed by atoms with Gasteiger partial charge in [0.05, 0.1) is 24.8 Å². The van der Waals surface area contributed by atoms with Crippen molar-refractivity contribution < 1.29 is 14.6 Å². The maximum atomic E-state index is 11.9. The molecule has 0 spiro atoms. The molecule has 5 heteroatoms. The summed E-state index contributed by atoms with van der Waals surface area (Å²) in [6, 6.07) is 4.93. The van der Waals surface area contributed by atoms with Crippen molar-refractivity contribution in [1.82, 2.24) is 0 Å². The zero-order chi connectivity index (χ0) is 12.4. The second kappa shape index (κ2) is 4.73. The summed E-state index contributed by atoms with van der Waals surface area (Å²) in [5.41, 5.74) is 6.88. The second-order valence-corrected chi connectivity index (χ2v) is 4.27. The number of para-hydroxylation sites is 1. The number of ether oxygens (including phenoxy) is 1. The number of aryl methyl sites for hydroxylation is 1. The van der Waals surface area contributed by atoms with Gasteiger partial charge in [-0.2, -0.15) is 0 Å². The lowest BCUT2D eigenvalue weighted by Crippen LogP contribution is -2.37. The zero-order valence-corrected chi connectivity index (χ0v) is 9.64. The van der Waals surface area contributed by atoms with Crippen molar-refractivity contribution in [3.8, 4) is 5.75 Å². The Kier molecular flexibility index (Phi) is 3.31. The minimum Gasteiger partial charge on any atom is -0.505 e. The summed E-state index contributed by atoms with van der Waals surface area (Å²) in [6.45, 7) is 2.51. The lowest BCUT2D eigenvalue weighted by Gasteiger charge is -2.14. The Labute approximate surface area is 99.6 Å². The van der Waals surface area contributed by atoms with E-state index >= 15 is 0 Å². The fourth-order valence-electron chi connectivity index (χ4n) is 1.83. The van der Waals surface area contributed by atoms with Crippen molar-refractivity contribution in [3.05, 3.63) is 23.8 Å². The van der Waals surface area contributed by atoms with Crippen LogP contribution in [-0.4, -0.2) is 30.3 Å². The maximum Gasteiger partial charge on any atom is 0.231 e. The molecule has 1 aromatic carbocycles. The van der Waals surface area contributed by atoms with E-state index in [9.17, 15) is 9.90 Å². The molecule has 1 saturated heterocycles. The number of nitrogens with one attached hydrogen (secondary N) is 1. The summed E-state index contributed by atoms with van der Waals surface area (Å²) in [7, 11) is 0. The van der Waals surface area contributed by atoms with E-state index in [0.717, 1.165) is 5.56 Å². The molecule has 92 valence electrons. The highest BCUT2D eigenvalue weighted by molar-refractivity contribution is 5.94. The number of carbonyl (C=O) groups excluding carboxylic acids is 1. The first-order chi connectivity index (χ1) is 8.09. The highest BCUT2D eigenvalue weighted by atomic mass is 16.5. The van der Waals surface area contributed by atoms with E-state index in [1.54, 1.807) is 25.1 Å². The van der Waals surface area contributed by atoms with Crippen LogP contribution >= 0.6 is 0 Å². The molecule has 4 N–H and O–H groups in total. The van der Waals surface area contributed by atoms with Crippen LogP contribution in [0.5, 0.6) is 5.75 Å². The van der Waals surface area contributed by atoms with Gasteiger partial charge in [0.2, 0.25) is 5.91 Å². The Morgan fingerprint density at radius 3 is 2.94 bits per heavy atom. The average Bonchev–Trinajstić information content (AvgIpc) is 2.71. The van der Waals surface area contributed by atoms with Crippen molar-refractivity contribution in [2.75, 3.05) is 18.5 Å². The molecule has 1 heterocycles. The number of phenols is 1. The van der Waals surface area contributed by atoms with E-state index in [4.69, 9.17) is 10.5 Å². The SMILES string of the molecule is Cc1cccc(NC(=O)C2COCC2N)c1O. The van der Waals surface area contributed by atoms with E-state index in [1.807, 2.05) is 0 Å². The summed E-state index contributed by atoms with van der Waals surface area (Å²) in [5.74, 6) is -0.473. The number of nitrogens with two attached hydrogens (primary N) is 1. The molecule has 0 saturated carbocycles. The summed E-state index contributed by atoms with van der Waals surface area (Å²) in [6.07, 6.45) is 0. The van der Waals surface area contributed by atoms with Gasteiger partial charge in [-0.25, -0.2) is 0 Å². The van der Waals surface area contributed by atoms with Crippen molar-refractivity contribution in [2.24, 2.45) is 11.7 Å². The highest BCUT2D eigenvalue weighted by Crippen LogP contribution is 2.27. The summed E-state index contributed by atoms with van der Waals surface area (Å²) in [4.78, 5) is 11.9. The summed E-state index contributed by atoms with van der Waals surface area (Å²) >= 11 is 0. The average molecular weight is 236 g/mol. The molecule has 1 aromatic rings. The molecule has 0 aliphatic carbocycles. The van der Waals surface area contributed by atoms with Crippen LogP contribution in [0.2, 0.25) is 0 Å². The quantitative estimate of drug-likeness (QED) is 0.657. The van der Waals surface area contributed by atoms with Gasteiger partial charge < -0.3 is 20.9 Å². The molecule has 1 aliphatic heterocycles. The standard InChI is InChI=1S/C12H16N2O3/c1-7-3-2-4-10(11(7)15)14-12(16)8-5-17-6-9(8)13/h2-4,8-9,15H,5-6,13H2,1H3,(H,14,16). The molecule has 5 nitrogen and oxygen atoms in total. The Bertz CT molecular complexity index is 434. The molecule has 1 aliphatic rings. The van der Waals surface area contributed by atoms with E-state index < -0.39 is 0 Å². The number of hydrogen-bond acceptors (Lipinski definition) is 4. The van der Waals surface area contributed by atoms with Crippen LogP contribution in [0.3, 0.4) is 0 Å². The van der Waals surface area contributed by atoms with Gasteiger partial charge in [-0.1, -0.05) is 12.1 Å². The number of aromatic hydroxyl groups is 1. The molecular weight excluding hydrogens is 220 g/mol. The largest absolute Gasteiger partial charge is 0.505 e. The number of benzene rings is 1. The molecule has 1 fully saturated rings. The van der Waals surface area contributed by atoms with Gasteiger partial charge >= 0.3 is 0 Å². The fraction of sp³-hybridized carbons (Fsp3) is 0.417. The topological polar surface area (TPSA) is 84.6 Å². The van der Waals surface area contributed by atoms with Crippen molar-refractivity contribution in [3.63, 3.8) is 0 Å².